The number of hydrogen-bond acceptors (Lipinski definition) is 7. The molecule has 0 saturated carbocycles. The van der Waals surface area contributed by atoms with Gasteiger partial charge in [0.1, 0.15) is 23.6 Å². The third kappa shape index (κ3) is 6.18. The van der Waals surface area contributed by atoms with E-state index in [-0.39, 0.29) is 30.5 Å². The van der Waals surface area contributed by atoms with E-state index >= 15 is 0 Å². The normalized spacial score (nSPS) is 19.5. The van der Waals surface area contributed by atoms with E-state index in [9.17, 15) is 32.0 Å². The van der Waals surface area contributed by atoms with E-state index in [2.05, 4.69) is 10.3 Å². The minimum Gasteiger partial charge on any atom is -0.340 e. The van der Waals surface area contributed by atoms with Crippen molar-refractivity contribution in [3.05, 3.63) is 101 Å². The second-order valence-electron chi connectivity index (χ2n) is 12.0. The predicted octanol–water partition coefficient (Wildman–Crippen LogP) is 2.88. The van der Waals surface area contributed by atoms with Crippen molar-refractivity contribution in [1.82, 2.24) is 19.5 Å². The maximum atomic E-state index is 14.0. The molecule has 2 aliphatic rings. The van der Waals surface area contributed by atoms with E-state index in [1.807, 2.05) is 32.9 Å². The van der Waals surface area contributed by atoms with Crippen LogP contribution in [0.5, 0.6) is 0 Å². The Morgan fingerprint density at radius 3 is 2.32 bits per heavy atom. The molecule has 0 aliphatic carbocycles. The van der Waals surface area contributed by atoms with E-state index in [1.54, 1.807) is 18.2 Å². The Hall–Kier alpha value is -4.29. The van der Waals surface area contributed by atoms with E-state index in [4.69, 9.17) is 0 Å². The van der Waals surface area contributed by atoms with Gasteiger partial charge >= 0.3 is 5.12 Å². The lowest BCUT2D eigenvalue weighted by atomic mass is 9.86. The van der Waals surface area contributed by atoms with Gasteiger partial charge in [-0.05, 0) is 59.4 Å². The number of likely N-dealkylation sites (tertiary alicyclic amines) is 1. The van der Waals surface area contributed by atoms with Crippen molar-refractivity contribution < 1.29 is 32.0 Å². The number of rotatable bonds is 7. The smallest absolute Gasteiger partial charge is 0.310 e. The van der Waals surface area contributed by atoms with Crippen LogP contribution >= 0.6 is 0 Å². The summed E-state index contributed by atoms with van der Waals surface area (Å²) < 4.78 is 41.0. The number of carbonyl (C=O) groups excluding carboxylic acids is 4. The summed E-state index contributed by atoms with van der Waals surface area (Å²) in [6.07, 6.45) is 1.43. The highest BCUT2D eigenvalue weighted by molar-refractivity contribution is 8.04. The number of halogens is 1. The third-order valence-corrected chi connectivity index (χ3v) is 9.74. The van der Waals surface area contributed by atoms with Crippen LogP contribution in [0.25, 0.3) is 0 Å². The topological polar surface area (TPSA) is 134 Å². The number of ketones is 1. The molecule has 0 spiro atoms. The molecular formula is C32H33FN4O6S. The first-order valence-corrected chi connectivity index (χ1v) is 15.7. The zero-order valence-corrected chi connectivity index (χ0v) is 25.4. The highest BCUT2D eigenvalue weighted by atomic mass is 32.2. The van der Waals surface area contributed by atoms with Gasteiger partial charge in [0.05, 0.1) is 12.6 Å². The second kappa shape index (κ2) is 12.0. The van der Waals surface area contributed by atoms with E-state index in [0.29, 0.717) is 11.1 Å². The molecule has 0 radical (unpaired) electrons. The van der Waals surface area contributed by atoms with Crippen LogP contribution < -0.4 is 5.32 Å². The average molecular weight is 621 g/mol. The molecule has 3 heterocycles. The van der Waals surface area contributed by atoms with Crippen molar-refractivity contribution in [3.63, 3.8) is 0 Å². The monoisotopic (exact) mass is 620 g/mol. The van der Waals surface area contributed by atoms with Gasteiger partial charge in [-0.1, -0.05) is 51.1 Å². The number of fused-ring (bicyclic) bond motifs is 1. The highest BCUT2D eigenvalue weighted by Crippen LogP contribution is 2.33. The average Bonchev–Trinajstić information content (AvgIpc) is 3.58. The Morgan fingerprint density at radius 1 is 1.02 bits per heavy atom. The lowest BCUT2D eigenvalue weighted by Gasteiger charge is -2.28. The van der Waals surface area contributed by atoms with Crippen molar-refractivity contribution in [3.8, 4) is 0 Å². The van der Waals surface area contributed by atoms with E-state index in [0.717, 1.165) is 9.87 Å². The Morgan fingerprint density at radius 2 is 1.70 bits per heavy atom. The molecule has 3 aromatic rings. The minimum absolute atomic E-state index is 0.00712. The van der Waals surface area contributed by atoms with Crippen molar-refractivity contribution >= 4 is 32.7 Å². The van der Waals surface area contributed by atoms with Crippen LogP contribution in [0.1, 0.15) is 59.2 Å². The van der Waals surface area contributed by atoms with Gasteiger partial charge in [-0.15, -0.1) is 0 Å². The SMILES string of the molecule is CC(C)(C)c1ccc(C(=O)NC(Cc2ccc(F)cc2)C(=O)N2CCC3C2C(=O)CN3S(=O)(=O)C(=O)c2ccccn2)cc1. The van der Waals surface area contributed by atoms with Crippen LogP contribution in [0.2, 0.25) is 0 Å². The maximum Gasteiger partial charge on any atom is 0.310 e. The molecule has 0 bridgehead atoms. The van der Waals surface area contributed by atoms with Gasteiger partial charge in [0.2, 0.25) is 5.91 Å². The van der Waals surface area contributed by atoms with Crippen molar-refractivity contribution in [2.24, 2.45) is 0 Å². The molecule has 2 fully saturated rings. The van der Waals surface area contributed by atoms with Gasteiger partial charge in [-0.3, -0.25) is 24.2 Å². The molecule has 2 aliphatic heterocycles. The van der Waals surface area contributed by atoms with Crippen LogP contribution in [0.15, 0.2) is 72.9 Å². The molecule has 1 N–H and O–H groups in total. The number of aromatic nitrogens is 1. The molecule has 10 nitrogen and oxygen atoms in total. The lowest BCUT2D eigenvalue weighted by Crippen LogP contribution is -2.53. The zero-order chi connectivity index (χ0) is 31.8. The molecule has 1 aromatic heterocycles. The molecule has 3 atom stereocenters. The standard InChI is InChI=1S/C32H33FN4O6S/c1-32(2,3)22-11-9-21(10-12-22)29(39)35-25(18-20-7-13-23(33)14-8-20)30(40)36-17-15-26-28(36)27(38)19-37(26)44(42,43)31(41)24-6-4-5-16-34-24/h4-14,16,25-26,28H,15,17-19H2,1-3H3,(H,35,39). The molecule has 44 heavy (non-hydrogen) atoms. The number of nitrogens with one attached hydrogen (secondary N) is 1. The van der Waals surface area contributed by atoms with Crippen molar-refractivity contribution in [2.45, 2.75) is 57.2 Å². The highest BCUT2D eigenvalue weighted by Gasteiger charge is 2.55. The fourth-order valence-corrected chi connectivity index (χ4v) is 7.15. The van der Waals surface area contributed by atoms with Gasteiger partial charge in [0.25, 0.3) is 15.9 Å². The number of amides is 2. The lowest BCUT2D eigenvalue weighted by molar-refractivity contribution is -0.138. The molecule has 3 unspecified atom stereocenters. The van der Waals surface area contributed by atoms with E-state index in [1.165, 1.54) is 47.5 Å². The van der Waals surface area contributed by atoms with Gasteiger partial charge in [-0.25, -0.2) is 12.8 Å². The van der Waals surface area contributed by atoms with Gasteiger partial charge < -0.3 is 10.2 Å². The first kappa shape index (κ1) is 31.1. The van der Waals surface area contributed by atoms with Gasteiger partial charge in [0, 0.05) is 24.7 Å². The Labute approximate surface area is 255 Å². The summed E-state index contributed by atoms with van der Waals surface area (Å²) in [5.74, 6) is -2.07. The van der Waals surface area contributed by atoms with Crippen molar-refractivity contribution in [2.75, 3.05) is 13.1 Å². The van der Waals surface area contributed by atoms with Crippen LogP contribution in [-0.4, -0.2) is 76.5 Å². The summed E-state index contributed by atoms with van der Waals surface area (Å²) in [6, 6.07) is 13.6. The summed E-state index contributed by atoms with van der Waals surface area (Å²) in [5.41, 5.74) is 1.53. The molecule has 2 aromatic carbocycles. The maximum absolute atomic E-state index is 14.0. The third-order valence-electron chi connectivity index (χ3n) is 8.05. The summed E-state index contributed by atoms with van der Waals surface area (Å²) in [5, 5.41) is 1.55. The zero-order valence-electron chi connectivity index (χ0n) is 24.6. The van der Waals surface area contributed by atoms with Crippen molar-refractivity contribution in [1.29, 1.82) is 0 Å². The van der Waals surface area contributed by atoms with Crippen LogP contribution in [0.3, 0.4) is 0 Å². The molecule has 5 rings (SSSR count). The fourth-order valence-electron chi connectivity index (χ4n) is 5.68. The van der Waals surface area contributed by atoms with Gasteiger partial charge in [0.15, 0.2) is 5.78 Å². The largest absolute Gasteiger partial charge is 0.340 e. The van der Waals surface area contributed by atoms with Crippen LogP contribution in [-0.2, 0) is 31.4 Å². The fraction of sp³-hybridized carbons (Fsp3) is 0.344. The number of hydrogen-bond donors (Lipinski definition) is 1. The number of Topliss-reactive ketones (excluding diaryl/α,β-unsaturated/α-hetero) is 1. The Bertz CT molecular complexity index is 1690. The number of benzene rings is 2. The Balaban J connectivity index is 1.39. The molecule has 2 saturated heterocycles. The van der Waals surface area contributed by atoms with Crippen LogP contribution in [0, 0.1) is 5.82 Å². The predicted molar refractivity (Wildman–Crippen MR) is 160 cm³/mol. The minimum atomic E-state index is -4.60. The molecular weight excluding hydrogens is 587 g/mol. The first-order chi connectivity index (χ1) is 20.8. The summed E-state index contributed by atoms with van der Waals surface area (Å²) >= 11 is 0. The quantitative estimate of drug-likeness (QED) is 0.430. The molecule has 230 valence electrons. The summed E-state index contributed by atoms with van der Waals surface area (Å²) in [7, 11) is -4.60. The number of sulfonamides is 1. The molecule has 2 amide bonds. The summed E-state index contributed by atoms with van der Waals surface area (Å²) in [4.78, 5) is 58.5. The van der Waals surface area contributed by atoms with Crippen LogP contribution in [0.4, 0.5) is 4.39 Å². The number of pyridine rings is 1. The Kier molecular flexibility index (Phi) is 8.50. The number of nitrogens with zero attached hydrogens (tertiary/aromatic N) is 3. The summed E-state index contributed by atoms with van der Waals surface area (Å²) in [6.45, 7) is 5.63. The van der Waals surface area contributed by atoms with E-state index < -0.39 is 63.2 Å². The second-order valence-corrected chi connectivity index (χ2v) is 13.8. The molecule has 12 heteroatoms. The number of carbonyl (C=O) groups is 4. The van der Waals surface area contributed by atoms with Gasteiger partial charge in [-0.2, -0.15) is 4.31 Å². The first-order valence-electron chi connectivity index (χ1n) is 14.2.